The molecule has 0 heterocycles. The van der Waals surface area contributed by atoms with Crippen LogP contribution in [0.1, 0.15) is 26.7 Å². The summed E-state index contributed by atoms with van der Waals surface area (Å²) < 4.78 is 0. The molecule has 0 aliphatic heterocycles. The number of hydrogen-bond donors (Lipinski definition) is 3. The van der Waals surface area contributed by atoms with Gasteiger partial charge in [0.1, 0.15) is 5.70 Å². The fourth-order valence-corrected chi connectivity index (χ4v) is 0.935. The van der Waals surface area contributed by atoms with Crippen molar-refractivity contribution in [2.45, 2.75) is 26.7 Å². The topological polar surface area (TPSA) is 98.1 Å². The van der Waals surface area contributed by atoms with E-state index >= 15 is 0 Å². The van der Waals surface area contributed by atoms with E-state index < -0.39 is 17.7 Å². The average Bonchev–Trinajstić information content (AvgIpc) is 2.26. The molecule has 3 N–H and O–H groups in total. The van der Waals surface area contributed by atoms with Gasteiger partial charge in [0.15, 0.2) is 5.76 Å². The van der Waals surface area contributed by atoms with Crippen molar-refractivity contribution in [2.24, 2.45) is 0 Å². The molecular weight excluding hydrogens is 238 g/mol. The third kappa shape index (κ3) is 9.26. The summed E-state index contributed by atoms with van der Waals surface area (Å²) in [5.74, 6) is -2.72. The molecule has 0 unspecified atom stereocenters. The molecule has 0 bridgehead atoms. The lowest BCUT2D eigenvalue weighted by atomic mass is 10.3. The van der Waals surface area contributed by atoms with E-state index in [4.69, 9.17) is 15.3 Å². The molecule has 0 atom stereocenters. The third-order valence-electron chi connectivity index (χ3n) is 1.71. The normalized spacial score (nSPS) is 11.3. The maximum atomic E-state index is 10.4. The van der Waals surface area contributed by atoms with E-state index in [0.717, 1.165) is 6.42 Å². The van der Waals surface area contributed by atoms with Gasteiger partial charge in [0, 0.05) is 14.1 Å². The predicted octanol–water partition coefficient (Wildman–Crippen LogP) is 1.85. The molecule has 0 spiro atoms. The van der Waals surface area contributed by atoms with Crippen LogP contribution < -0.4 is 0 Å². The summed E-state index contributed by atoms with van der Waals surface area (Å²) in [6, 6.07) is 0. The van der Waals surface area contributed by atoms with Crippen molar-refractivity contribution in [3.63, 3.8) is 0 Å². The van der Waals surface area contributed by atoms with Crippen LogP contribution in [-0.2, 0) is 9.59 Å². The van der Waals surface area contributed by atoms with Crippen LogP contribution in [-0.4, -0.2) is 46.3 Å². The largest absolute Gasteiger partial charge is 0.502 e. The summed E-state index contributed by atoms with van der Waals surface area (Å²) in [4.78, 5) is 21.8. The lowest BCUT2D eigenvalue weighted by molar-refractivity contribution is -0.136. The second-order valence-electron chi connectivity index (χ2n) is 3.50. The fraction of sp³-hybridized carbons (Fsp3) is 0.500. The molecule has 0 amide bonds. The van der Waals surface area contributed by atoms with Gasteiger partial charge in [0.2, 0.25) is 0 Å². The first-order valence-corrected chi connectivity index (χ1v) is 5.51. The SMILES string of the molecule is CC/C=C(\C(=O)O)N(C)C.CC/C=C(\O)C(=O)O. The Balaban J connectivity index is 0. The Kier molecular flexibility index (Phi) is 10.4. The summed E-state index contributed by atoms with van der Waals surface area (Å²) >= 11 is 0. The number of aliphatic hydroxyl groups is 1. The van der Waals surface area contributed by atoms with E-state index in [-0.39, 0.29) is 0 Å². The number of allylic oxidation sites excluding steroid dienone is 2. The summed E-state index contributed by atoms with van der Waals surface area (Å²) in [6.07, 6.45) is 4.21. The van der Waals surface area contributed by atoms with Gasteiger partial charge in [0.05, 0.1) is 0 Å². The van der Waals surface area contributed by atoms with Crippen LogP contribution in [0.25, 0.3) is 0 Å². The Hall–Kier alpha value is -1.98. The lowest BCUT2D eigenvalue weighted by Gasteiger charge is -2.11. The smallest absolute Gasteiger partial charge is 0.370 e. The minimum atomic E-state index is -1.27. The summed E-state index contributed by atoms with van der Waals surface area (Å²) in [6.45, 7) is 3.66. The number of aliphatic hydroxyl groups excluding tert-OH is 1. The Morgan fingerprint density at radius 2 is 1.39 bits per heavy atom. The van der Waals surface area contributed by atoms with E-state index in [9.17, 15) is 9.59 Å². The van der Waals surface area contributed by atoms with Crippen molar-refractivity contribution in [2.75, 3.05) is 14.1 Å². The second kappa shape index (κ2) is 10.2. The molecule has 0 aliphatic carbocycles. The van der Waals surface area contributed by atoms with E-state index in [1.165, 1.54) is 6.08 Å². The first-order valence-electron chi connectivity index (χ1n) is 5.51. The molecule has 104 valence electrons. The van der Waals surface area contributed by atoms with Gasteiger partial charge in [-0.1, -0.05) is 19.9 Å². The van der Waals surface area contributed by atoms with Crippen molar-refractivity contribution in [3.05, 3.63) is 23.6 Å². The van der Waals surface area contributed by atoms with Gasteiger partial charge in [-0.15, -0.1) is 0 Å². The zero-order valence-corrected chi connectivity index (χ0v) is 11.2. The van der Waals surface area contributed by atoms with Crippen molar-refractivity contribution >= 4 is 11.9 Å². The van der Waals surface area contributed by atoms with Gasteiger partial charge in [0.25, 0.3) is 0 Å². The molecule has 0 radical (unpaired) electrons. The number of likely N-dealkylation sites (N-methyl/N-ethyl adjacent to an activating group) is 1. The number of carboxylic acid groups (broad SMARTS) is 2. The van der Waals surface area contributed by atoms with E-state index in [1.807, 2.05) is 6.92 Å². The van der Waals surface area contributed by atoms with Crippen molar-refractivity contribution in [1.29, 1.82) is 0 Å². The van der Waals surface area contributed by atoms with Gasteiger partial charge in [-0.3, -0.25) is 0 Å². The predicted molar refractivity (Wildman–Crippen MR) is 68.3 cm³/mol. The molecule has 0 rings (SSSR count). The van der Waals surface area contributed by atoms with Gasteiger partial charge < -0.3 is 20.2 Å². The maximum Gasteiger partial charge on any atom is 0.370 e. The zero-order chi connectivity index (χ0) is 14.7. The van der Waals surface area contributed by atoms with Gasteiger partial charge in [-0.05, 0) is 18.9 Å². The minimum absolute atomic E-state index is 0.350. The van der Waals surface area contributed by atoms with Crippen LogP contribution in [0.4, 0.5) is 0 Å². The summed E-state index contributed by atoms with van der Waals surface area (Å²) in [7, 11) is 3.44. The highest BCUT2D eigenvalue weighted by Crippen LogP contribution is 1.99. The highest BCUT2D eigenvalue weighted by molar-refractivity contribution is 5.85. The zero-order valence-electron chi connectivity index (χ0n) is 11.2. The molecular formula is C12H21NO5. The standard InChI is InChI=1S/C7H13NO2.C5H8O3/c1-4-5-6(7(9)10)8(2)3;1-2-3-4(6)5(7)8/h5H,4H2,1-3H3,(H,9,10);3,6H,2H2,1H3,(H,7,8)/b6-5+;4-3-. The monoisotopic (exact) mass is 259 g/mol. The molecule has 6 heteroatoms. The number of nitrogens with zero attached hydrogens (tertiary/aromatic N) is 1. The molecule has 0 saturated heterocycles. The highest BCUT2D eigenvalue weighted by atomic mass is 16.4. The summed E-state index contributed by atoms with van der Waals surface area (Å²) in [5.41, 5.74) is 0.350. The number of carboxylic acids is 2. The molecule has 18 heavy (non-hydrogen) atoms. The molecule has 0 aromatic rings. The Bertz CT molecular complexity index is 331. The number of carbonyl (C=O) groups is 2. The van der Waals surface area contributed by atoms with Crippen molar-refractivity contribution < 1.29 is 24.9 Å². The van der Waals surface area contributed by atoms with Crippen LogP contribution in [0.3, 0.4) is 0 Å². The van der Waals surface area contributed by atoms with Crippen LogP contribution in [0.15, 0.2) is 23.6 Å². The fourth-order valence-electron chi connectivity index (χ4n) is 0.935. The van der Waals surface area contributed by atoms with Crippen LogP contribution >= 0.6 is 0 Å². The maximum absolute atomic E-state index is 10.4. The molecule has 0 aromatic heterocycles. The number of rotatable bonds is 5. The van der Waals surface area contributed by atoms with E-state index in [0.29, 0.717) is 12.1 Å². The van der Waals surface area contributed by atoms with Crippen molar-refractivity contribution in [3.8, 4) is 0 Å². The lowest BCUT2D eigenvalue weighted by Crippen LogP contribution is -2.18. The highest BCUT2D eigenvalue weighted by Gasteiger charge is 2.06. The van der Waals surface area contributed by atoms with Crippen LogP contribution in [0, 0.1) is 0 Å². The molecule has 0 aliphatic rings. The minimum Gasteiger partial charge on any atom is -0.502 e. The van der Waals surface area contributed by atoms with Crippen molar-refractivity contribution in [1.82, 2.24) is 4.90 Å². The molecule has 0 fully saturated rings. The van der Waals surface area contributed by atoms with Gasteiger partial charge in [-0.25, -0.2) is 9.59 Å². The second-order valence-corrected chi connectivity index (χ2v) is 3.50. The average molecular weight is 259 g/mol. The van der Waals surface area contributed by atoms with Gasteiger partial charge in [-0.2, -0.15) is 0 Å². The molecule has 6 nitrogen and oxygen atoms in total. The summed E-state index contributed by atoms with van der Waals surface area (Å²) in [5, 5.41) is 24.9. The Morgan fingerprint density at radius 3 is 1.50 bits per heavy atom. The Morgan fingerprint density at radius 1 is 0.944 bits per heavy atom. The quantitative estimate of drug-likeness (QED) is 0.515. The third-order valence-corrected chi connectivity index (χ3v) is 1.71. The Labute approximate surface area is 107 Å². The molecule has 0 aromatic carbocycles. The first kappa shape index (κ1) is 18.4. The van der Waals surface area contributed by atoms with E-state index in [2.05, 4.69) is 0 Å². The number of aliphatic carboxylic acids is 2. The van der Waals surface area contributed by atoms with Crippen LogP contribution in [0.5, 0.6) is 0 Å². The first-order chi connectivity index (χ1) is 8.27. The number of hydrogen-bond acceptors (Lipinski definition) is 4. The van der Waals surface area contributed by atoms with E-state index in [1.54, 1.807) is 32.0 Å². The van der Waals surface area contributed by atoms with Crippen LogP contribution in [0.2, 0.25) is 0 Å². The molecule has 0 saturated carbocycles. The van der Waals surface area contributed by atoms with Gasteiger partial charge >= 0.3 is 11.9 Å².